The van der Waals surface area contributed by atoms with Crippen molar-refractivity contribution in [1.82, 2.24) is 0 Å². The molecule has 82 valence electrons. The van der Waals surface area contributed by atoms with Crippen LogP contribution in [0.4, 0.5) is 0 Å². The summed E-state index contributed by atoms with van der Waals surface area (Å²) in [6.45, 7) is 4.80. The third-order valence-corrected chi connectivity index (χ3v) is 5.08. The van der Waals surface area contributed by atoms with Gasteiger partial charge in [-0.3, -0.25) is 0 Å². The highest BCUT2D eigenvalue weighted by molar-refractivity contribution is 4.88. The van der Waals surface area contributed by atoms with Crippen LogP contribution >= 0.6 is 0 Å². The number of hydrogen-bond acceptors (Lipinski definition) is 0. The van der Waals surface area contributed by atoms with Crippen molar-refractivity contribution < 1.29 is 0 Å². The molecule has 14 heavy (non-hydrogen) atoms. The first-order chi connectivity index (χ1) is 6.74. The summed E-state index contributed by atoms with van der Waals surface area (Å²) in [5.41, 5.74) is 0.818. The summed E-state index contributed by atoms with van der Waals surface area (Å²) in [5.74, 6) is 2.09. The summed E-state index contributed by atoms with van der Waals surface area (Å²) in [6.07, 6.45) is 13.7. The van der Waals surface area contributed by atoms with E-state index in [1.54, 1.807) is 25.7 Å². The van der Waals surface area contributed by atoms with E-state index in [4.69, 9.17) is 0 Å². The van der Waals surface area contributed by atoms with Crippen molar-refractivity contribution in [1.29, 1.82) is 0 Å². The highest BCUT2D eigenvalue weighted by Gasteiger charge is 2.36. The van der Waals surface area contributed by atoms with Gasteiger partial charge in [-0.05, 0) is 55.8 Å². The molecule has 2 fully saturated rings. The van der Waals surface area contributed by atoms with Gasteiger partial charge in [0.1, 0.15) is 0 Å². The van der Waals surface area contributed by atoms with Crippen molar-refractivity contribution in [3.63, 3.8) is 0 Å². The fraction of sp³-hybridized carbons (Fsp3) is 1.00. The Balaban J connectivity index is 1.86. The van der Waals surface area contributed by atoms with Crippen molar-refractivity contribution in [3.05, 3.63) is 0 Å². The average Bonchev–Trinajstić information content (AvgIpc) is 2.24. The van der Waals surface area contributed by atoms with Crippen LogP contribution in [0.3, 0.4) is 0 Å². The van der Waals surface area contributed by atoms with Crippen LogP contribution < -0.4 is 0 Å². The van der Waals surface area contributed by atoms with E-state index in [9.17, 15) is 0 Å². The minimum atomic E-state index is 0.818. The second-order valence-corrected chi connectivity index (χ2v) is 6.03. The van der Waals surface area contributed by atoms with Crippen LogP contribution in [0.15, 0.2) is 0 Å². The van der Waals surface area contributed by atoms with E-state index in [2.05, 4.69) is 13.8 Å². The normalized spacial score (nSPS) is 44.1. The second-order valence-electron chi connectivity index (χ2n) is 6.03. The summed E-state index contributed by atoms with van der Waals surface area (Å²) < 4.78 is 0. The molecule has 0 amide bonds. The van der Waals surface area contributed by atoms with E-state index in [0.29, 0.717) is 0 Å². The molecule has 0 aromatic carbocycles. The summed E-state index contributed by atoms with van der Waals surface area (Å²) in [7, 11) is 0. The maximum Gasteiger partial charge on any atom is -0.0297 e. The van der Waals surface area contributed by atoms with Gasteiger partial charge in [0.25, 0.3) is 0 Å². The molecular formula is C14H26. The molecule has 2 saturated carbocycles. The van der Waals surface area contributed by atoms with Gasteiger partial charge in [0, 0.05) is 0 Å². The van der Waals surface area contributed by atoms with Gasteiger partial charge in [0.15, 0.2) is 0 Å². The van der Waals surface area contributed by atoms with Crippen molar-refractivity contribution in [2.45, 2.75) is 71.6 Å². The molecule has 2 aliphatic rings. The molecule has 0 nitrogen and oxygen atoms in total. The van der Waals surface area contributed by atoms with Crippen molar-refractivity contribution >= 4 is 0 Å². The minimum Gasteiger partial charge on any atom is -0.0651 e. The minimum absolute atomic E-state index is 0.818. The molecule has 2 aliphatic carbocycles. The van der Waals surface area contributed by atoms with E-state index in [1.165, 1.54) is 32.1 Å². The van der Waals surface area contributed by atoms with Crippen LogP contribution in [0.5, 0.6) is 0 Å². The lowest BCUT2D eigenvalue weighted by atomic mass is 9.61. The average molecular weight is 194 g/mol. The van der Waals surface area contributed by atoms with Crippen molar-refractivity contribution in [2.24, 2.45) is 17.3 Å². The zero-order chi connectivity index (χ0) is 10.0. The quantitative estimate of drug-likeness (QED) is 0.563. The monoisotopic (exact) mass is 194 g/mol. The largest absolute Gasteiger partial charge is 0.0651 e. The number of rotatable bonds is 1. The Kier molecular flexibility index (Phi) is 3.19. The van der Waals surface area contributed by atoms with Crippen molar-refractivity contribution in [2.75, 3.05) is 0 Å². The standard InChI is InChI=1S/C14H26/c1-3-13-6-10-14(11-7-13)8-4-12(2)5-9-14/h12-13H,3-11H2,1-2H3. The van der Waals surface area contributed by atoms with Gasteiger partial charge in [0.05, 0.1) is 0 Å². The van der Waals surface area contributed by atoms with Crippen LogP contribution in [0.1, 0.15) is 71.6 Å². The highest BCUT2D eigenvalue weighted by Crippen LogP contribution is 2.50. The highest BCUT2D eigenvalue weighted by atomic mass is 14.4. The molecule has 0 aromatic rings. The molecule has 0 atom stereocenters. The van der Waals surface area contributed by atoms with Crippen LogP contribution in [0.25, 0.3) is 0 Å². The molecule has 0 N–H and O–H groups in total. The Morgan fingerprint density at radius 2 is 1.43 bits per heavy atom. The maximum atomic E-state index is 2.44. The molecule has 1 spiro atoms. The predicted octanol–water partition coefficient (Wildman–Crippen LogP) is 4.78. The van der Waals surface area contributed by atoms with E-state index in [0.717, 1.165) is 17.3 Å². The Labute approximate surface area is 89.5 Å². The fourth-order valence-corrected chi connectivity index (χ4v) is 3.57. The fourth-order valence-electron chi connectivity index (χ4n) is 3.57. The molecule has 0 unspecified atom stereocenters. The molecule has 0 aliphatic heterocycles. The third-order valence-electron chi connectivity index (χ3n) is 5.08. The smallest absolute Gasteiger partial charge is 0.0297 e. The molecule has 0 radical (unpaired) electrons. The van der Waals surface area contributed by atoms with E-state index < -0.39 is 0 Å². The van der Waals surface area contributed by atoms with Crippen LogP contribution in [0.2, 0.25) is 0 Å². The van der Waals surface area contributed by atoms with Gasteiger partial charge < -0.3 is 0 Å². The molecule has 2 rings (SSSR count). The molecule has 0 bridgehead atoms. The number of hydrogen-bond donors (Lipinski definition) is 0. The maximum absolute atomic E-state index is 2.44. The predicted molar refractivity (Wildman–Crippen MR) is 62.3 cm³/mol. The molecule has 0 saturated heterocycles. The van der Waals surface area contributed by atoms with Crippen LogP contribution in [-0.4, -0.2) is 0 Å². The first-order valence-electron chi connectivity index (χ1n) is 6.74. The molecule has 0 aromatic heterocycles. The second kappa shape index (κ2) is 4.24. The Hall–Kier alpha value is 0. The summed E-state index contributed by atoms with van der Waals surface area (Å²) in [6, 6.07) is 0. The Bertz CT molecular complexity index is 164. The van der Waals surface area contributed by atoms with Gasteiger partial charge in [-0.2, -0.15) is 0 Å². The topological polar surface area (TPSA) is 0 Å². The summed E-state index contributed by atoms with van der Waals surface area (Å²) >= 11 is 0. The van der Waals surface area contributed by atoms with Crippen molar-refractivity contribution in [3.8, 4) is 0 Å². The molecule has 0 heteroatoms. The lowest BCUT2D eigenvalue weighted by molar-refractivity contribution is 0.0784. The molecule has 0 heterocycles. The van der Waals surface area contributed by atoms with Gasteiger partial charge in [-0.1, -0.05) is 33.1 Å². The SMILES string of the molecule is CCC1CCC2(CCC(C)CC2)CC1. The van der Waals surface area contributed by atoms with E-state index in [1.807, 2.05) is 0 Å². The zero-order valence-corrected chi connectivity index (χ0v) is 10.0. The van der Waals surface area contributed by atoms with Gasteiger partial charge in [-0.25, -0.2) is 0 Å². The first-order valence-corrected chi connectivity index (χ1v) is 6.74. The van der Waals surface area contributed by atoms with Crippen LogP contribution in [-0.2, 0) is 0 Å². The van der Waals surface area contributed by atoms with E-state index >= 15 is 0 Å². The molecular weight excluding hydrogens is 168 g/mol. The van der Waals surface area contributed by atoms with Gasteiger partial charge in [0.2, 0.25) is 0 Å². The summed E-state index contributed by atoms with van der Waals surface area (Å²) in [4.78, 5) is 0. The van der Waals surface area contributed by atoms with Gasteiger partial charge >= 0.3 is 0 Å². The lowest BCUT2D eigenvalue weighted by Crippen LogP contribution is -2.31. The first kappa shape index (κ1) is 10.5. The summed E-state index contributed by atoms with van der Waals surface area (Å²) in [5, 5.41) is 0. The third kappa shape index (κ3) is 2.15. The Morgan fingerprint density at radius 1 is 0.929 bits per heavy atom. The van der Waals surface area contributed by atoms with Crippen LogP contribution in [0, 0.1) is 17.3 Å². The van der Waals surface area contributed by atoms with Gasteiger partial charge in [-0.15, -0.1) is 0 Å². The zero-order valence-electron chi connectivity index (χ0n) is 10.0. The lowest BCUT2D eigenvalue weighted by Gasteiger charge is -2.44. The van der Waals surface area contributed by atoms with E-state index in [-0.39, 0.29) is 0 Å². The Morgan fingerprint density at radius 3 is 1.93 bits per heavy atom.